The molecule has 1 saturated heterocycles. The quantitative estimate of drug-likeness (QED) is 0.761. The number of hydrogen-bond donors (Lipinski definition) is 1. The van der Waals surface area contributed by atoms with E-state index in [0.717, 1.165) is 24.9 Å². The Hall–Kier alpha value is -1.39. The third-order valence-corrected chi connectivity index (χ3v) is 2.88. The maximum atomic E-state index is 12.1. The summed E-state index contributed by atoms with van der Waals surface area (Å²) in [5.41, 5.74) is 0.722. The molecule has 1 aromatic rings. The Morgan fingerprint density at radius 2 is 2.12 bits per heavy atom. The molecule has 0 radical (unpaired) electrons. The molecule has 1 aromatic carbocycles. The van der Waals surface area contributed by atoms with Crippen LogP contribution in [0.2, 0.25) is 0 Å². The van der Waals surface area contributed by atoms with Gasteiger partial charge in [-0.25, -0.2) is 5.90 Å². The molecule has 1 amide bonds. The molecule has 0 bridgehead atoms. The van der Waals surface area contributed by atoms with Gasteiger partial charge in [-0.3, -0.25) is 9.63 Å². The third kappa shape index (κ3) is 2.40. The Morgan fingerprint density at radius 3 is 2.81 bits per heavy atom. The second-order valence-corrected chi connectivity index (χ2v) is 4.02. The van der Waals surface area contributed by atoms with Crippen molar-refractivity contribution in [2.24, 2.45) is 5.90 Å². The molecule has 4 nitrogen and oxygen atoms in total. The van der Waals surface area contributed by atoms with Gasteiger partial charge in [0.05, 0.1) is 6.10 Å². The van der Waals surface area contributed by atoms with Crippen LogP contribution in [0.3, 0.4) is 0 Å². The van der Waals surface area contributed by atoms with E-state index in [9.17, 15) is 4.79 Å². The summed E-state index contributed by atoms with van der Waals surface area (Å²) in [7, 11) is 0. The number of amides is 1. The molecular formula is C12H16N2O2. The largest absolute Gasteiger partial charge is 0.336 e. The van der Waals surface area contributed by atoms with Crippen LogP contribution in [0.4, 0.5) is 0 Å². The van der Waals surface area contributed by atoms with Crippen molar-refractivity contribution in [2.75, 3.05) is 13.1 Å². The van der Waals surface area contributed by atoms with E-state index in [4.69, 9.17) is 10.7 Å². The summed E-state index contributed by atoms with van der Waals surface area (Å²) in [4.78, 5) is 18.7. The SMILES string of the molecule is NOC1CCCN(C(=O)c2ccccc2)C1. The molecule has 1 aliphatic rings. The fraction of sp³-hybridized carbons (Fsp3) is 0.417. The molecule has 0 aliphatic carbocycles. The standard InChI is InChI=1S/C12H16N2O2/c13-16-11-7-4-8-14(9-11)12(15)10-5-2-1-3-6-10/h1-3,5-6,11H,4,7-9,13H2. The normalized spacial score (nSPS) is 20.8. The molecule has 1 heterocycles. The average molecular weight is 220 g/mol. The predicted molar refractivity (Wildman–Crippen MR) is 60.6 cm³/mol. The van der Waals surface area contributed by atoms with Crippen molar-refractivity contribution < 1.29 is 9.63 Å². The minimum absolute atomic E-state index is 0.0265. The minimum Gasteiger partial charge on any atom is -0.336 e. The lowest BCUT2D eigenvalue weighted by molar-refractivity contribution is 0.000965. The average Bonchev–Trinajstić information content (AvgIpc) is 2.39. The number of likely N-dealkylation sites (tertiary alicyclic amines) is 1. The number of nitrogens with zero attached hydrogens (tertiary/aromatic N) is 1. The van der Waals surface area contributed by atoms with Crippen LogP contribution in [0.5, 0.6) is 0 Å². The molecule has 1 fully saturated rings. The summed E-state index contributed by atoms with van der Waals surface area (Å²) in [5, 5.41) is 0. The van der Waals surface area contributed by atoms with Crippen LogP contribution in [0.25, 0.3) is 0 Å². The molecular weight excluding hydrogens is 204 g/mol. The van der Waals surface area contributed by atoms with Gasteiger partial charge in [0.2, 0.25) is 0 Å². The first-order valence-corrected chi connectivity index (χ1v) is 5.51. The predicted octanol–water partition coefficient (Wildman–Crippen LogP) is 1.18. The summed E-state index contributed by atoms with van der Waals surface area (Å²) in [6.07, 6.45) is 1.84. The lowest BCUT2D eigenvalue weighted by atomic mass is 10.1. The van der Waals surface area contributed by atoms with E-state index in [-0.39, 0.29) is 12.0 Å². The monoisotopic (exact) mass is 220 g/mol. The van der Waals surface area contributed by atoms with E-state index in [2.05, 4.69) is 0 Å². The first-order valence-electron chi connectivity index (χ1n) is 5.51. The molecule has 16 heavy (non-hydrogen) atoms. The highest BCUT2D eigenvalue weighted by Crippen LogP contribution is 2.14. The van der Waals surface area contributed by atoms with Crippen LogP contribution >= 0.6 is 0 Å². The molecule has 1 atom stereocenters. The van der Waals surface area contributed by atoms with E-state index in [0.29, 0.717) is 6.54 Å². The van der Waals surface area contributed by atoms with Crippen LogP contribution in [0.15, 0.2) is 30.3 Å². The lowest BCUT2D eigenvalue weighted by Crippen LogP contribution is -2.44. The topological polar surface area (TPSA) is 55.6 Å². The molecule has 4 heteroatoms. The highest BCUT2D eigenvalue weighted by Gasteiger charge is 2.24. The third-order valence-electron chi connectivity index (χ3n) is 2.88. The van der Waals surface area contributed by atoms with Gasteiger partial charge in [-0.05, 0) is 25.0 Å². The van der Waals surface area contributed by atoms with Crippen LogP contribution in [0.1, 0.15) is 23.2 Å². The lowest BCUT2D eigenvalue weighted by Gasteiger charge is -2.31. The van der Waals surface area contributed by atoms with Gasteiger partial charge in [0.1, 0.15) is 0 Å². The Morgan fingerprint density at radius 1 is 1.38 bits per heavy atom. The van der Waals surface area contributed by atoms with Gasteiger partial charge < -0.3 is 4.90 Å². The zero-order chi connectivity index (χ0) is 11.4. The van der Waals surface area contributed by atoms with Gasteiger partial charge in [-0.15, -0.1) is 0 Å². The molecule has 0 saturated carbocycles. The first kappa shape index (κ1) is 11.1. The maximum absolute atomic E-state index is 12.1. The molecule has 1 unspecified atom stereocenters. The Bertz CT molecular complexity index is 353. The fourth-order valence-electron chi connectivity index (χ4n) is 2.00. The molecule has 86 valence electrons. The number of carbonyl (C=O) groups is 1. The first-order chi connectivity index (χ1) is 7.81. The van der Waals surface area contributed by atoms with E-state index >= 15 is 0 Å². The van der Waals surface area contributed by atoms with E-state index < -0.39 is 0 Å². The highest BCUT2D eigenvalue weighted by atomic mass is 16.6. The van der Waals surface area contributed by atoms with Crippen molar-refractivity contribution in [3.05, 3.63) is 35.9 Å². The van der Waals surface area contributed by atoms with Crippen molar-refractivity contribution in [1.82, 2.24) is 4.90 Å². The van der Waals surface area contributed by atoms with Gasteiger partial charge in [-0.2, -0.15) is 0 Å². The van der Waals surface area contributed by atoms with Crippen LogP contribution < -0.4 is 5.90 Å². The highest BCUT2D eigenvalue weighted by molar-refractivity contribution is 5.94. The van der Waals surface area contributed by atoms with Gasteiger partial charge in [0, 0.05) is 18.7 Å². The second-order valence-electron chi connectivity index (χ2n) is 4.02. The Kier molecular flexibility index (Phi) is 3.54. The van der Waals surface area contributed by atoms with Crippen LogP contribution in [-0.2, 0) is 4.84 Å². The maximum Gasteiger partial charge on any atom is 0.253 e. The Labute approximate surface area is 94.9 Å². The number of piperidine rings is 1. The summed E-state index contributed by atoms with van der Waals surface area (Å²) >= 11 is 0. The molecule has 0 aromatic heterocycles. The smallest absolute Gasteiger partial charge is 0.253 e. The number of hydrogen-bond acceptors (Lipinski definition) is 3. The zero-order valence-corrected chi connectivity index (χ0v) is 9.13. The molecule has 0 spiro atoms. The number of rotatable bonds is 2. The van der Waals surface area contributed by atoms with Crippen LogP contribution in [0, 0.1) is 0 Å². The molecule has 2 rings (SSSR count). The fourth-order valence-corrected chi connectivity index (χ4v) is 2.00. The van der Waals surface area contributed by atoms with Gasteiger partial charge in [0.25, 0.3) is 5.91 Å². The second kappa shape index (κ2) is 5.09. The zero-order valence-electron chi connectivity index (χ0n) is 9.13. The van der Waals surface area contributed by atoms with Crippen molar-refractivity contribution in [1.29, 1.82) is 0 Å². The van der Waals surface area contributed by atoms with Crippen molar-refractivity contribution in [3.63, 3.8) is 0 Å². The van der Waals surface area contributed by atoms with E-state index in [1.165, 1.54) is 0 Å². The van der Waals surface area contributed by atoms with Gasteiger partial charge in [-0.1, -0.05) is 18.2 Å². The van der Waals surface area contributed by atoms with Crippen molar-refractivity contribution in [2.45, 2.75) is 18.9 Å². The summed E-state index contributed by atoms with van der Waals surface area (Å²) in [6.45, 7) is 1.37. The van der Waals surface area contributed by atoms with Gasteiger partial charge in [0.15, 0.2) is 0 Å². The van der Waals surface area contributed by atoms with Gasteiger partial charge >= 0.3 is 0 Å². The minimum atomic E-state index is -0.0265. The van der Waals surface area contributed by atoms with E-state index in [1.807, 2.05) is 30.3 Å². The van der Waals surface area contributed by atoms with E-state index in [1.54, 1.807) is 4.90 Å². The molecule has 2 N–H and O–H groups in total. The van der Waals surface area contributed by atoms with Crippen LogP contribution in [-0.4, -0.2) is 30.0 Å². The van der Waals surface area contributed by atoms with Crippen molar-refractivity contribution >= 4 is 5.91 Å². The Balaban J connectivity index is 2.05. The summed E-state index contributed by atoms with van der Waals surface area (Å²) in [6, 6.07) is 9.30. The molecule has 1 aliphatic heterocycles. The number of benzene rings is 1. The number of carbonyl (C=O) groups excluding carboxylic acids is 1. The number of nitrogens with two attached hydrogens (primary N) is 1. The summed E-state index contributed by atoms with van der Waals surface area (Å²) in [5.74, 6) is 5.22. The summed E-state index contributed by atoms with van der Waals surface area (Å²) < 4.78 is 0. The van der Waals surface area contributed by atoms with Crippen molar-refractivity contribution in [3.8, 4) is 0 Å².